The Morgan fingerprint density at radius 2 is 2.09 bits per heavy atom. The van der Waals surface area contributed by atoms with Crippen LogP contribution in [0, 0.1) is 0 Å². The van der Waals surface area contributed by atoms with Gasteiger partial charge in [0.2, 0.25) is 11.9 Å². The summed E-state index contributed by atoms with van der Waals surface area (Å²) in [5.41, 5.74) is 0. The van der Waals surface area contributed by atoms with Crippen LogP contribution in [0.5, 0.6) is 0 Å². The Morgan fingerprint density at radius 3 is 2.82 bits per heavy atom. The van der Waals surface area contributed by atoms with Crippen LogP contribution >= 0.6 is 0 Å². The van der Waals surface area contributed by atoms with Crippen molar-refractivity contribution in [2.24, 2.45) is 0 Å². The van der Waals surface area contributed by atoms with E-state index in [2.05, 4.69) is 44.2 Å². The van der Waals surface area contributed by atoms with Gasteiger partial charge >= 0.3 is 0 Å². The lowest BCUT2D eigenvalue weighted by molar-refractivity contribution is 0.436. The molecule has 0 aromatic carbocycles. The zero-order chi connectivity index (χ0) is 15.7. The van der Waals surface area contributed by atoms with Crippen LogP contribution in [0.25, 0.3) is 0 Å². The van der Waals surface area contributed by atoms with E-state index < -0.39 is 0 Å². The van der Waals surface area contributed by atoms with Gasteiger partial charge < -0.3 is 10.2 Å². The van der Waals surface area contributed by atoms with Gasteiger partial charge in [-0.3, -0.25) is 0 Å². The van der Waals surface area contributed by atoms with Crippen molar-refractivity contribution < 1.29 is 0 Å². The number of aromatic nitrogens is 6. The molecular formula is C14H22N8. The standard InChI is InChI=1S/C14H22N8/c1-9(2)11-18-13(20-14(19-11)21(3)4)17-10-6-5-7-22-12(10)15-8-16-22/h8-10H,5-7H2,1-4H3,(H,17,18,19,20). The molecule has 8 nitrogen and oxygen atoms in total. The minimum atomic E-state index is 0.0914. The number of fused-ring (bicyclic) bond motifs is 1. The molecule has 1 unspecified atom stereocenters. The Kier molecular flexibility index (Phi) is 3.91. The van der Waals surface area contributed by atoms with Crippen LogP contribution in [0.15, 0.2) is 6.33 Å². The fourth-order valence-electron chi connectivity index (χ4n) is 2.49. The molecule has 1 atom stereocenters. The largest absolute Gasteiger partial charge is 0.347 e. The summed E-state index contributed by atoms with van der Waals surface area (Å²) in [4.78, 5) is 19.8. The van der Waals surface area contributed by atoms with Gasteiger partial charge in [-0.2, -0.15) is 20.1 Å². The highest BCUT2D eigenvalue weighted by Gasteiger charge is 2.23. The van der Waals surface area contributed by atoms with E-state index in [9.17, 15) is 0 Å². The fourth-order valence-corrected chi connectivity index (χ4v) is 2.49. The molecule has 1 aliphatic heterocycles. The van der Waals surface area contributed by atoms with Crippen molar-refractivity contribution in [3.8, 4) is 0 Å². The predicted molar refractivity (Wildman–Crippen MR) is 83.9 cm³/mol. The SMILES string of the molecule is CC(C)c1nc(NC2CCCn3ncnc32)nc(N(C)C)n1. The maximum atomic E-state index is 4.55. The van der Waals surface area contributed by atoms with E-state index in [-0.39, 0.29) is 12.0 Å². The molecule has 3 heterocycles. The van der Waals surface area contributed by atoms with Gasteiger partial charge in [0.25, 0.3) is 0 Å². The molecule has 118 valence electrons. The van der Waals surface area contributed by atoms with E-state index in [4.69, 9.17) is 0 Å². The average Bonchev–Trinajstić information content (AvgIpc) is 2.96. The average molecular weight is 302 g/mol. The van der Waals surface area contributed by atoms with Gasteiger partial charge in [-0.25, -0.2) is 9.67 Å². The molecule has 1 N–H and O–H groups in total. The highest BCUT2D eigenvalue weighted by Crippen LogP contribution is 2.26. The molecule has 0 bridgehead atoms. The van der Waals surface area contributed by atoms with Crippen molar-refractivity contribution >= 4 is 11.9 Å². The molecular weight excluding hydrogens is 280 g/mol. The first-order valence-corrected chi connectivity index (χ1v) is 7.62. The Morgan fingerprint density at radius 1 is 1.27 bits per heavy atom. The maximum absolute atomic E-state index is 4.55. The van der Waals surface area contributed by atoms with Gasteiger partial charge in [-0.05, 0) is 12.8 Å². The molecule has 8 heteroatoms. The first kappa shape index (κ1) is 14.7. The summed E-state index contributed by atoms with van der Waals surface area (Å²) in [5.74, 6) is 3.25. The Hall–Kier alpha value is -2.25. The predicted octanol–water partition coefficient (Wildman–Crippen LogP) is 1.60. The number of hydrogen-bond donors (Lipinski definition) is 1. The number of aryl methyl sites for hydroxylation is 1. The molecule has 0 saturated heterocycles. The van der Waals surface area contributed by atoms with Crippen LogP contribution in [-0.2, 0) is 6.54 Å². The molecule has 0 radical (unpaired) electrons. The third-order valence-electron chi connectivity index (χ3n) is 3.68. The van der Waals surface area contributed by atoms with Crippen LogP contribution in [0.1, 0.15) is 50.3 Å². The van der Waals surface area contributed by atoms with E-state index in [0.29, 0.717) is 11.9 Å². The van der Waals surface area contributed by atoms with Gasteiger partial charge in [-0.15, -0.1) is 0 Å². The molecule has 0 amide bonds. The normalized spacial score (nSPS) is 17.4. The van der Waals surface area contributed by atoms with Crippen molar-refractivity contribution in [1.82, 2.24) is 29.7 Å². The van der Waals surface area contributed by atoms with Crippen molar-refractivity contribution in [3.05, 3.63) is 18.0 Å². The molecule has 2 aromatic rings. The van der Waals surface area contributed by atoms with Crippen molar-refractivity contribution in [2.75, 3.05) is 24.3 Å². The molecule has 0 spiro atoms. The number of hydrogen-bond acceptors (Lipinski definition) is 7. The second-order valence-electron chi connectivity index (χ2n) is 6.05. The number of nitrogens with zero attached hydrogens (tertiary/aromatic N) is 7. The lowest BCUT2D eigenvalue weighted by atomic mass is 10.1. The lowest BCUT2D eigenvalue weighted by Crippen LogP contribution is -2.24. The van der Waals surface area contributed by atoms with Crippen LogP contribution in [0.2, 0.25) is 0 Å². The smallest absolute Gasteiger partial charge is 0.229 e. The summed E-state index contributed by atoms with van der Waals surface area (Å²) in [5, 5.41) is 7.65. The van der Waals surface area contributed by atoms with Crippen molar-refractivity contribution in [3.63, 3.8) is 0 Å². The van der Waals surface area contributed by atoms with E-state index in [1.807, 2.05) is 23.7 Å². The quantitative estimate of drug-likeness (QED) is 0.918. The number of nitrogens with one attached hydrogen (secondary N) is 1. The maximum Gasteiger partial charge on any atom is 0.229 e. The molecule has 0 fully saturated rings. The summed E-state index contributed by atoms with van der Waals surface area (Å²) in [7, 11) is 3.86. The van der Waals surface area contributed by atoms with Gasteiger partial charge in [-0.1, -0.05) is 13.8 Å². The highest BCUT2D eigenvalue weighted by atomic mass is 15.4. The fraction of sp³-hybridized carbons (Fsp3) is 0.643. The first-order valence-electron chi connectivity index (χ1n) is 7.62. The molecule has 0 aliphatic carbocycles. The zero-order valence-electron chi connectivity index (χ0n) is 13.5. The molecule has 3 rings (SSSR count). The van der Waals surface area contributed by atoms with Gasteiger partial charge in [0.05, 0.1) is 6.04 Å². The van der Waals surface area contributed by atoms with Crippen molar-refractivity contribution in [1.29, 1.82) is 0 Å². The Balaban J connectivity index is 1.89. The molecule has 2 aromatic heterocycles. The van der Waals surface area contributed by atoms with Crippen molar-refractivity contribution in [2.45, 2.75) is 45.2 Å². The Bertz CT molecular complexity index is 622. The third kappa shape index (κ3) is 2.86. The topological polar surface area (TPSA) is 84.7 Å². The van der Waals surface area contributed by atoms with Crippen LogP contribution < -0.4 is 10.2 Å². The number of rotatable bonds is 4. The third-order valence-corrected chi connectivity index (χ3v) is 3.68. The monoisotopic (exact) mass is 302 g/mol. The van der Waals surface area contributed by atoms with Gasteiger partial charge in [0.1, 0.15) is 18.0 Å². The minimum Gasteiger partial charge on any atom is -0.347 e. The number of anilines is 2. The van der Waals surface area contributed by atoms with Gasteiger partial charge in [0, 0.05) is 26.6 Å². The van der Waals surface area contributed by atoms with E-state index in [1.54, 1.807) is 6.33 Å². The van der Waals surface area contributed by atoms with E-state index in [1.165, 1.54) is 0 Å². The summed E-state index contributed by atoms with van der Waals surface area (Å²) in [6, 6.07) is 0.0914. The minimum absolute atomic E-state index is 0.0914. The molecule has 0 saturated carbocycles. The van der Waals surface area contributed by atoms with Crippen LogP contribution in [-0.4, -0.2) is 43.8 Å². The first-order chi connectivity index (χ1) is 10.5. The van der Waals surface area contributed by atoms with Crippen LogP contribution in [0.3, 0.4) is 0 Å². The molecule has 22 heavy (non-hydrogen) atoms. The second-order valence-corrected chi connectivity index (χ2v) is 6.05. The summed E-state index contributed by atoms with van der Waals surface area (Å²) < 4.78 is 1.94. The van der Waals surface area contributed by atoms with Crippen LogP contribution in [0.4, 0.5) is 11.9 Å². The van der Waals surface area contributed by atoms with E-state index >= 15 is 0 Å². The Labute approximate surface area is 130 Å². The van der Waals surface area contributed by atoms with E-state index in [0.717, 1.165) is 31.0 Å². The van der Waals surface area contributed by atoms with Gasteiger partial charge in [0.15, 0.2) is 0 Å². The zero-order valence-corrected chi connectivity index (χ0v) is 13.5. The lowest BCUT2D eigenvalue weighted by Gasteiger charge is -2.24. The summed E-state index contributed by atoms with van der Waals surface area (Å²) in [6.07, 6.45) is 3.67. The highest BCUT2D eigenvalue weighted by molar-refractivity contribution is 5.37. The summed E-state index contributed by atoms with van der Waals surface area (Å²) >= 11 is 0. The second kappa shape index (κ2) is 5.86. The summed E-state index contributed by atoms with van der Waals surface area (Å²) in [6.45, 7) is 5.08. The molecule has 1 aliphatic rings.